The highest BCUT2D eigenvalue weighted by Crippen LogP contribution is 2.29. The molecule has 4 nitrogen and oxygen atoms in total. The van der Waals surface area contributed by atoms with Gasteiger partial charge in [0.25, 0.3) is 0 Å². The quantitative estimate of drug-likeness (QED) is 0.858. The molecule has 1 amide bonds. The zero-order valence-electron chi connectivity index (χ0n) is 15.2. The molecule has 0 N–H and O–H groups in total. The van der Waals surface area contributed by atoms with Gasteiger partial charge in [-0.25, -0.2) is 0 Å². The second kappa shape index (κ2) is 7.36. The molecule has 1 aromatic heterocycles. The number of rotatable bonds is 4. The van der Waals surface area contributed by atoms with Crippen LogP contribution in [0.2, 0.25) is 0 Å². The lowest BCUT2D eigenvalue weighted by Gasteiger charge is -2.46. The van der Waals surface area contributed by atoms with E-state index in [-0.39, 0.29) is 23.5 Å². The monoisotopic (exact) mass is 338 g/mol. The summed E-state index contributed by atoms with van der Waals surface area (Å²) < 4.78 is 5.78. The number of hydrogen-bond acceptors (Lipinski definition) is 3. The van der Waals surface area contributed by atoms with Gasteiger partial charge in [-0.1, -0.05) is 30.3 Å². The topological polar surface area (TPSA) is 42.4 Å². The van der Waals surface area contributed by atoms with Crippen LogP contribution < -0.4 is 0 Å². The van der Waals surface area contributed by atoms with Gasteiger partial charge < -0.3 is 9.64 Å². The number of pyridine rings is 1. The van der Waals surface area contributed by atoms with Gasteiger partial charge in [-0.2, -0.15) is 0 Å². The molecule has 0 spiro atoms. The molecule has 0 aliphatic carbocycles. The fraction of sp³-hybridized carbons (Fsp3) is 0.429. The molecule has 1 aliphatic heterocycles. The Labute approximate surface area is 149 Å². The standard InChI is InChI=1S/C21H26N2O2/c1-16-14-23(21(2,3)15-25-16)20(24)19(18-7-5-4-6-8-18)13-17-9-11-22-12-10-17/h4-12,16,19H,13-15H2,1-3H3. The van der Waals surface area contributed by atoms with E-state index < -0.39 is 0 Å². The van der Waals surface area contributed by atoms with E-state index in [0.717, 1.165) is 11.1 Å². The Morgan fingerprint density at radius 2 is 1.92 bits per heavy atom. The molecule has 2 aromatic rings. The average Bonchev–Trinajstić information content (AvgIpc) is 2.63. The van der Waals surface area contributed by atoms with Gasteiger partial charge in [-0.15, -0.1) is 0 Å². The van der Waals surface area contributed by atoms with E-state index in [0.29, 0.717) is 19.6 Å². The van der Waals surface area contributed by atoms with Crippen LogP contribution in [0.1, 0.15) is 37.8 Å². The van der Waals surface area contributed by atoms with Crippen molar-refractivity contribution in [3.8, 4) is 0 Å². The molecule has 0 saturated carbocycles. The summed E-state index contributed by atoms with van der Waals surface area (Å²) in [4.78, 5) is 19.6. The van der Waals surface area contributed by atoms with E-state index >= 15 is 0 Å². The smallest absolute Gasteiger partial charge is 0.231 e. The maximum atomic E-state index is 13.5. The van der Waals surface area contributed by atoms with E-state index in [1.54, 1.807) is 12.4 Å². The Kier molecular flexibility index (Phi) is 5.19. The van der Waals surface area contributed by atoms with E-state index in [1.807, 2.05) is 54.3 Å². The zero-order valence-corrected chi connectivity index (χ0v) is 15.2. The number of ether oxygens (including phenoxy) is 1. The maximum Gasteiger partial charge on any atom is 0.231 e. The second-order valence-corrected chi connectivity index (χ2v) is 7.41. The largest absolute Gasteiger partial charge is 0.374 e. The van der Waals surface area contributed by atoms with Crippen molar-refractivity contribution in [2.75, 3.05) is 13.2 Å². The Balaban J connectivity index is 1.92. The number of aromatic nitrogens is 1. The van der Waals surface area contributed by atoms with E-state index in [1.165, 1.54) is 0 Å². The highest BCUT2D eigenvalue weighted by molar-refractivity contribution is 5.85. The fourth-order valence-electron chi connectivity index (χ4n) is 3.35. The number of carbonyl (C=O) groups excluding carboxylic acids is 1. The van der Waals surface area contributed by atoms with Crippen LogP contribution in [-0.2, 0) is 16.0 Å². The van der Waals surface area contributed by atoms with Crippen molar-refractivity contribution in [1.29, 1.82) is 0 Å². The van der Waals surface area contributed by atoms with E-state index in [2.05, 4.69) is 18.8 Å². The van der Waals surface area contributed by atoms with Crippen molar-refractivity contribution in [3.05, 3.63) is 66.0 Å². The zero-order chi connectivity index (χ0) is 17.9. The first-order chi connectivity index (χ1) is 12.0. The van der Waals surface area contributed by atoms with Crippen LogP contribution >= 0.6 is 0 Å². The summed E-state index contributed by atoms with van der Waals surface area (Å²) in [5.74, 6) is -0.0312. The third-order valence-electron chi connectivity index (χ3n) is 4.85. The first-order valence-electron chi connectivity index (χ1n) is 8.84. The number of hydrogen-bond donors (Lipinski definition) is 0. The van der Waals surface area contributed by atoms with Gasteiger partial charge in [-0.3, -0.25) is 9.78 Å². The normalized spacial score (nSPS) is 20.9. The minimum atomic E-state index is -0.297. The van der Waals surface area contributed by atoms with Crippen molar-refractivity contribution < 1.29 is 9.53 Å². The number of carbonyl (C=O) groups is 1. The highest BCUT2D eigenvalue weighted by Gasteiger charge is 2.39. The summed E-state index contributed by atoms with van der Waals surface area (Å²) >= 11 is 0. The van der Waals surface area contributed by atoms with Crippen molar-refractivity contribution in [1.82, 2.24) is 9.88 Å². The molecule has 3 rings (SSSR count). The van der Waals surface area contributed by atoms with Crippen molar-refractivity contribution in [3.63, 3.8) is 0 Å². The van der Waals surface area contributed by atoms with Crippen LogP contribution in [0.5, 0.6) is 0 Å². The van der Waals surface area contributed by atoms with Crippen LogP contribution in [0.4, 0.5) is 0 Å². The van der Waals surface area contributed by atoms with Gasteiger partial charge in [0.2, 0.25) is 5.91 Å². The second-order valence-electron chi connectivity index (χ2n) is 7.41. The number of amides is 1. The van der Waals surface area contributed by atoms with Gasteiger partial charge >= 0.3 is 0 Å². The summed E-state index contributed by atoms with van der Waals surface area (Å²) in [5.41, 5.74) is 1.88. The Bertz CT molecular complexity index is 700. The average molecular weight is 338 g/mol. The molecule has 2 unspecified atom stereocenters. The van der Waals surface area contributed by atoms with Crippen LogP contribution in [0.15, 0.2) is 54.9 Å². The Morgan fingerprint density at radius 3 is 2.60 bits per heavy atom. The molecule has 0 radical (unpaired) electrons. The molecule has 2 atom stereocenters. The number of benzene rings is 1. The lowest BCUT2D eigenvalue weighted by atomic mass is 9.88. The predicted octanol–water partition coefficient (Wildman–Crippen LogP) is 3.43. The molecule has 1 fully saturated rings. The molecular weight excluding hydrogens is 312 g/mol. The van der Waals surface area contributed by atoms with E-state index in [4.69, 9.17) is 4.74 Å². The number of nitrogens with zero attached hydrogens (tertiary/aromatic N) is 2. The van der Waals surface area contributed by atoms with Crippen molar-refractivity contribution in [2.45, 2.75) is 44.8 Å². The minimum Gasteiger partial charge on any atom is -0.374 e. The molecular formula is C21H26N2O2. The first-order valence-corrected chi connectivity index (χ1v) is 8.84. The summed E-state index contributed by atoms with van der Waals surface area (Å²) in [7, 11) is 0. The van der Waals surface area contributed by atoms with Gasteiger partial charge in [0, 0.05) is 18.9 Å². The SMILES string of the molecule is CC1CN(C(=O)C(Cc2ccncc2)c2ccccc2)C(C)(C)CO1. The molecule has 0 bridgehead atoms. The number of morpholine rings is 1. The lowest BCUT2D eigenvalue weighted by Crippen LogP contribution is -2.59. The Morgan fingerprint density at radius 1 is 1.24 bits per heavy atom. The molecule has 1 saturated heterocycles. The van der Waals surface area contributed by atoms with Crippen LogP contribution in [0, 0.1) is 0 Å². The fourth-order valence-corrected chi connectivity index (χ4v) is 3.35. The molecule has 132 valence electrons. The lowest BCUT2D eigenvalue weighted by molar-refractivity contribution is -0.154. The first kappa shape index (κ1) is 17.6. The maximum absolute atomic E-state index is 13.5. The van der Waals surface area contributed by atoms with Crippen LogP contribution in [0.25, 0.3) is 0 Å². The van der Waals surface area contributed by atoms with Crippen LogP contribution in [-0.4, -0.2) is 40.6 Å². The van der Waals surface area contributed by atoms with Gasteiger partial charge in [0.05, 0.1) is 24.2 Å². The Hall–Kier alpha value is -2.20. The van der Waals surface area contributed by atoms with Gasteiger partial charge in [0.15, 0.2) is 0 Å². The van der Waals surface area contributed by atoms with E-state index in [9.17, 15) is 4.79 Å². The van der Waals surface area contributed by atoms with Gasteiger partial charge in [0.1, 0.15) is 0 Å². The van der Waals surface area contributed by atoms with Gasteiger partial charge in [-0.05, 0) is 50.5 Å². The highest BCUT2D eigenvalue weighted by atomic mass is 16.5. The summed E-state index contributed by atoms with van der Waals surface area (Å²) in [6, 6.07) is 14.0. The minimum absolute atomic E-state index is 0.0642. The van der Waals surface area contributed by atoms with Crippen molar-refractivity contribution in [2.24, 2.45) is 0 Å². The molecule has 1 aromatic carbocycles. The third-order valence-corrected chi connectivity index (χ3v) is 4.85. The van der Waals surface area contributed by atoms with Crippen LogP contribution in [0.3, 0.4) is 0 Å². The molecule has 4 heteroatoms. The molecule has 25 heavy (non-hydrogen) atoms. The molecule has 2 heterocycles. The summed E-state index contributed by atoms with van der Waals surface area (Å²) in [6.45, 7) is 7.37. The summed E-state index contributed by atoms with van der Waals surface area (Å²) in [6.07, 6.45) is 4.30. The molecule has 1 aliphatic rings. The van der Waals surface area contributed by atoms with Crippen molar-refractivity contribution >= 4 is 5.91 Å². The summed E-state index contributed by atoms with van der Waals surface area (Å²) in [5, 5.41) is 0. The third kappa shape index (κ3) is 4.07. The predicted molar refractivity (Wildman–Crippen MR) is 98.3 cm³/mol.